The fraction of sp³-hybridized carbons (Fsp3) is 0.925. The van der Waals surface area contributed by atoms with Gasteiger partial charge in [0, 0.05) is 33.6 Å². The van der Waals surface area contributed by atoms with Crippen molar-refractivity contribution in [3.8, 4) is 0 Å². The molecule has 0 aromatic carbocycles. The molecule has 682 valence electrons. The molecule has 9 fully saturated rings. The molecular formula is C67H112N4O47. The van der Waals surface area contributed by atoms with Crippen LogP contribution >= 0.6 is 0 Å². The molecule has 20 unspecified atom stereocenters. The number of amides is 4. The summed E-state index contributed by atoms with van der Waals surface area (Å²) in [6.07, 6.45) is -82.7. The number of carbonyl (C=O) groups excluding carboxylic acids is 5. The van der Waals surface area contributed by atoms with Crippen LogP contribution in [0.25, 0.3) is 0 Å². The molecule has 46 atom stereocenters. The van der Waals surface area contributed by atoms with Gasteiger partial charge in [0.25, 0.3) is 6.47 Å². The van der Waals surface area contributed by atoms with Crippen molar-refractivity contribution < 1.29 is 232 Å². The van der Waals surface area contributed by atoms with E-state index in [1.165, 1.54) is 13.8 Å². The fourth-order valence-corrected chi connectivity index (χ4v) is 15.5. The molecule has 28 N–H and O–H groups in total. The Bertz CT molecular complexity index is 3180. The van der Waals surface area contributed by atoms with Crippen molar-refractivity contribution in [3.05, 3.63) is 0 Å². The minimum atomic E-state index is -2.87. The number of hydrogen-bond donors (Lipinski definition) is 28. The first-order valence-electron chi connectivity index (χ1n) is 37.9. The SMILES string of the molecule is CC(=O)NC1C(O)[C@H](O[C@@H]2OC(CO)[C@H](O)[C@H](O[C@]3(OC=O)C[C@@H](O)[C@@H](C)C(C(O)C(O)CO)O3)C2O)[C@H](CO)O[C@H]1OC1[C@@H](OCC2O[C@@H](O[C@@H]3C(CO)O[C@@H](O[C@@H]4C(CO)O[C@@H](C)C(NC(C)=O)[C@H]4O)C(NC(C)=O)[C@H]3O)C(O)[C@@H](O[C@H]3OC(CO)[C@@H](O)C(O)C3O[C@@H]3OC(CO)[C@@H](O)[C@H](O)C3NC(C)=O)[C@@H]2O)OC(CO)[C@@H](O)[C@@H]1O. The monoisotopic (exact) mass is 1720 g/mol. The van der Waals surface area contributed by atoms with Crippen molar-refractivity contribution in [2.75, 3.05) is 59.5 Å². The lowest BCUT2D eigenvalue weighted by atomic mass is 9.87. The number of aliphatic hydroxyl groups excluding tert-OH is 24. The van der Waals surface area contributed by atoms with Gasteiger partial charge in [0.05, 0.1) is 90.2 Å². The molecule has 9 aliphatic heterocycles. The molecule has 0 aromatic rings. The lowest BCUT2D eigenvalue weighted by Crippen LogP contribution is -2.70. The van der Waals surface area contributed by atoms with E-state index in [-0.39, 0.29) is 6.47 Å². The maximum Gasteiger partial charge on any atom is 0.332 e. The van der Waals surface area contributed by atoms with E-state index in [0.29, 0.717) is 0 Å². The van der Waals surface area contributed by atoms with Crippen molar-refractivity contribution >= 4 is 30.1 Å². The van der Waals surface area contributed by atoms with Crippen LogP contribution in [-0.2, 0) is 109 Å². The zero-order valence-corrected chi connectivity index (χ0v) is 64.3. The van der Waals surface area contributed by atoms with Gasteiger partial charge >= 0.3 is 5.97 Å². The smallest absolute Gasteiger partial charge is 0.332 e. The maximum absolute atomic E-state index is 13.1. The Balaban J connectivity index is 1.03. The molecule has 51 heteroatoms. The van der Waals surface area contributed by atoms with E-state index in [1.54, 1.807) is 0 Å². The van der Waals surface area contributed by atoms with E-state index in [1.807, 2.05) is 0 Å². The van der Waals surface area contributed by atoms with Crippen molar-refractivity contribution in [1.29, 1.82) is 0 Å². The molecule has 0 radical (unpaired) electrons. The minimum Gasteiger partial charge on any atom is -0.410 e. The van der Waals surface area contributed by atoms with Gasteiger partial charge in [0.1, 0.15) is 201 Å². The van der Waals surface area contributed by atoms with Gasteiger partial charge in [-0.1, -0.05) is 6.92 Å². The average Bonchev–Trinajstić information content (AvgIpc) is 0.771. The molecule has 0 spiro atoms. The summed E-state index contributed by atoms with van der Waals surface area (Å²) in [5, 5.41) is 279. The molecule has 0 bridgehead atoms. The third-order valence-corrected chi connectivity index (χ3v) is 21.9. The van der Waals surface area contributed by atoms with E-state index in [2.05, 4.69) is 21.3 Å². The Labute approximate surface area is 670 Å². The summed E-state index contributed by atoms with van der Waals surface area (Å²) in [6.45, 7) is -3.32. The zero-order valence-electron chi connectivity index (χ0n) is 64.3. The predicted octanol–water partition coefficient (Wildman–Crippen LogP) is -18.5. The molecule has 9 aliphatic rings. The number of hydrogen-bond acceptors (Lipinski definition) is 47. The van der Waals surface area contributed by atoms with Crippen LogP contribution in [0, 0.1) is 5.92 Å². The second kappa shape index (κ2) is 42.6. The lowest BCUT2D eigenvalue weighted by Gasteiger charge is -2.51. The van der Waals surface area contributed by atoms with Gasteiger partial charge in [0.2, 0.25) is 23.6 Å². The Kier molecular flexibility index (Phi) is 35.2. The first kappa shape index (κ1) is 97.5. The Hall–Kier alpha value is -4.29. The molecule has 0 aliphatic carbocycles. The van der Waals surface area contributed by atoms with Gasteiger partial charge in [-0.25, -0.2) is 0 Å². The lowest BCUT2D eigenvalue weighted by molar-refractivity contribution is -0.448. The van der Waals surface area contributed by atoms with Crippen molar-refractivity contribution in [2.24, 2.45) is 5.92 Å². The van der Waals surface area contributed by atoms with E-state index in [4.69, 9.17) is 85.3 Å². The zero-order chi connectivity index (χ0) is 87.1. The largest absolute Gasteiger partial charge is 0.410 e. The standard InChI is InChI=1S/C67H112N4O47/c1-18-24(85)7-67(102-17-80,117-52(18)38(87)25(86)8-72)118-57-42(91)29(12-76)105-64(51(57)100)113-55-32(15-79)109-62(37(47(55)96)71-23(6)84)115-58-48(97)40(89)27(10-74)106-65(58)101-16-33-43(92)56(114-66-59(49(98)41(90)28(11-75)107-66)116-60-35(69-21(4)82)44(93)39(88)26(9-73)104-60)50(99)63(110-33)112-54-31(14-78)108-61(36(46(54)95)70-22(5)83)111-53-30(13-77)103-19(2)34(45(53)94)68-20(3)81/h17-19,24-66,72-79,85-100H,7-16H2,1-6H3,(H,68,81)(H,69,82)(H,70,83)(H,71,84)/t18-,19+,24-,25?,26?,27?,28?,29?,30?,31?,32+,33?,34?,35?,36?,37?,38?,39-,40-,41-,42+,43-,44-,45-,46-,47?,48+,49?,50?,51?,52?,53-,54-,55-,56+,57+,58?,59?,60+,61+,62+,63+,64+,65+,66-,67+/m1/s1. The van der Waals surface area contributed by atoms with E-state index in [0.717, 1.165) is 27.7 Å². The summed E-state index contributed by atoms with van der Waals surface area (Å²) in [5.74, 6) is -7.36. The van der Waals surface area contributed by atoms with Crippen molar-refractivity contribution in [3.63, 3.8) is 0 Å². The molecule has 9 saturated heterocycles. The molecule has 118 heavy (non-hydrogen) atoms. The first-order valence-corrected chi connectivity index (χ1v) is 37.9. The fourth-order valence-electron chi connectivity index (χ4n) is 15.5. The average molecular weight is 1730 g/mol. The summed E-state index contributed by atoms with van der Waals surface area (Å²) < 4.78 is 107. The van der Waals surface area contributed by atoms with Crippen LogP contribution in [0.4, 0.5) is 0 Å². The Morgan fingerprint density at radius 1 is 0.381 bits per heavy atom. The summed E-state index contributed by atoms with van der Waals surface area (Å²) in [5.41, 5.74) is 0. The second-order valence-corrected chi connectivity index (χ2v) is 30.1. The molecule has 0 aromatic heterocycles. The Morgan fingerprint density at radius 3 is 1.17 bits per heavy atom. The third kappa shape index (κ3) is 21.6. The minimum absolute atomic E-state index is 0.244. The molecule has 4 amide bonds. The molecular weight excluding hydrogens is 1610 g/mol. The normalized spacial score (nSPS) is 47.5. The van der Waals surface area contributed by atoms with Gasteiger partial charge in [0.15, 0.2) is 44.0 Å². The van der Waals surface area contributed by atoms with Gasteiger partial charge in [-0.05, 0) is 6.92 Å². The highest BCUT2D eigenvalue weighted by Crippen LogP contribution is 2.43. The van der Waals surface area contributed by atoms with E-state index >= 15 is 0 Å². The van der Waals surface area contributed by atoms with Crippen LogP contribution in [0.5, 0.6) is 0 Å². The van der Waals surface area contributed by atoms with Crippen LogP contribution in [0.1, 0.15) is 48.0 Å². The molecule has 51 nitrogen and oxygen atoms in total. The van der Waals surface area contributed by atoms with Gasteiger partial charge in [-0.3, -0.25) is 24.0 Å². The summed E-state index contributed by atoms with van der Waals surface area (Å²) in [4.78, 5) is 63.0. The van der Waals surface area contributed by atoms with Crippen LogP contribution in [0.3, 0.4) is 0 Å². The highest BCUT2D eigenvalue weighted by atomic mass is 16.9. The van der Waals surface area contributed by atoms with Crippen LogP contribution in [0.2, 0.25) is 0 Å². The first-order chi connectivity index (χ1) is 55.8. The summed E-state index contributed by atoms with van der Waals surface area (Å²) >= 11 is 0. The van der Waals surface area contributed by atoms with E-state index in [9.17, 15) is 147 Å². The van der Waals surface area contributed by atoms with E-state index < -0.39 is 371 Å². The molecule has 0 saturated carbocycles. The van der Waals surface area contributed by atoms with Crippen LogP contribution < -0.4 is 21.3 Å². The quantitative estimate of drug-likeness (QED) is 0.0214. The number of nitrogens with one attached hydrogen (secondary N) is 4. The Morgan fingerprint density at radius 2 is 0.720 bits per heavy atom. The number of carbonyl (C=O) groups is 5. The number of ether oxygens (including phenoxy) is 18. The highest BCUT2D eigenvalue weighted by Gasteiger charge is 2.62. The molecule has 9 heterocycles. The van der Waals surface area contributed by atoms with Gasteiger partial charge in [-0.2, -0.15) is 0 Å². The van der Waals surface area contributed by atoms with Crippen LogP contribution in [0.15, 0.2) is 0 Å². The third-order valence-electron chi connectivity index (χ3n) is 21.9. The van der Waals surface area contributed by atoms with Gasteiger partial charge in [-0.15, -0.1) is 0 Å². The highest BCUT2D eigenvalue weighted by molar-refractivity contribution is 5.74. The summed E-state index contributed by atoms with van der Waals surface area (Å²) in [6, 6.07) is -6.87. The number of aliphatic hydroxyl groups is 24. The van der Waals surface area contributed by atoms with Crippen LogP contribution in [-0.4, -0.2) is 488 Å². The van der Waals surface area contributed by atoms with Gasteiger partial charge < -0.3 is 229 Å². The maximum atomic E-state index is 13.1. The molecule has 9 rings (SSSR count). The van der Waals surface area contributed by atoms with Crippen molar-refractivity contribution in [2.45, 2.75) is 324 Å². The summed E-state index contributed by atoms with van der Waals surface area (Å²) in [7, 11) is 0. The van der Waals surface area contributed by atoms with Crippen molar-refractivity contribution in [1.82, 2.24) is 21.3 Å². The topological polar surface area (TPSA) is 785 Å². The predicted molar refractivity (Wildman–Crippen MR) is 367 cm³/mol. The number of rotatable bonds is 33. The second-order valence-electron chi connectivity index (χ2n) is 30.1.